The van der Waals surface area contributed by atoms with Crippen molar-refractivity contribution in [2.75, 3.05) is 5.32 Å². The lowest BCUT2D eigenvalue weighted by Crippen LogP contribution is -2.25. The van der Waals surface area contributed by atoms with E-state index in [1.807, 2.05) is 18.4 Å². The van der Waals surface area contributed by atoms with Crippen molar-refractivity contribution in [3.8, 4) is 17.2 Å². The molecule has 1 aliphatic heterocycles. The molecule has 4 aromatic rings. The first-order valence-electron chi connectivity index (χ1n) is 8.97. The number of halogens is 1. The van der Waals surface area contributed by atoms with Gasteiger partial charge in [-0.15, -0.1) is 5.10 Å². The smallest absolute Gasteiger partial charge is 0.272 e. The van der Waals surface area contributed by atoms with Gasteiger partial charge in [0, 0.05) is 23.5 Å². The molecule has 1 aliphatic rings. The minimum atomic E-state index is -0.324. The molecule has 5 rings (SSSR count). The number of fused-ring (bicyclic) bond motifs is 1. The van der Waals surface area contributed by atoms with E-state index in [1.54, 1.807) is 23.5 Å². The van der Waals surface area contributed by atoms with Crippen LogP contribution in [0, 0.1) is 12.7 Å². The summed E-state index contributed by atoms with van der Waals surface area (Å²) in [5, 5.41) is 19.7. The Morgan fingerprint density at radius 1 is 1.24 bits per heavy atom. The number of aryl methyl sites for hydroxylation is 1. The zero-order valence-corrected chi connectivity index (χ0v) is 16.2. The highest BCUT2D eigenvalue weighted by Gasteiger charge is 2.33. The summed E-state index contributed by atoms with van der Waals surface area (Å²) in [6.07, 6.45) is 1.87. The van der Waals surface area contributed by atoms with Crippen LogP contribution in [0.4, 0.5) is 10.2 Å². The highest BCUT2D eigenvalue weighted by Crippen LogP contribution is 2.40. The summed E-state index contributed by atoms with van der Waals surface area (Å²) in [6, 6.07) is 8.01. The second-order valence-electron chi connectivity index (χ2n) is 6.77. The number of benzene rings is 1. The monoisotopic (exact) mass is 406 g/mol. The first kappa shape index (κ1) is 17.6. The van der Waals surface area contributed by atoms with Gasteiger partial charge < -0.3 is 5.32 Å². The minimum Gasteiger partial charge on any atom is -0.310 e. The molecular weight excluding hydrogens is 391 g/mol. The van der Waals surface area contributed by atoms with E-state index < -0.39 is 0 Å². The normalized spacial score (nSPS) is 15.8. The number of nitrogens with one attached hydrogen (secondary N) is 1. The quantitative estimate of drug-likeness (QED) is 0.561. The molecule has 0 fully saturated rings. The largest absolute Gasteiger partial charge is 0.310 e. The van der Waals surface area contributed by atoms with Gasteiger partial charge in [-0.2, -0.15) is 26.2 Å². The van der Waals surface area contributed by atoms with E-state index in [1.165, 1.54) is 23.0 Å². The number of thiophene rings is 1. The second kappa shape index (κ2) is 6.85. The average Bonchev–Trinajstić information content (AvgIpc) is 3.37. The number of hydrogen-bond acceptors (Lipinski definition) is 6. The molecule has 144 valence electrons. The Balaban J connectivity index is 1.62. The number of amides is 1. The highest BCUT2D eigenvalue weighted by atomic mass is 32.1. The maximum Gasteiger partial charge on any atom is 0.272 e. The van der Waals surface area contributed by atoms with Crippen molar-refractivity contribution in [1.82, 2.24) is 25.0 Å². The van der Waals surface area contributed by atoms with Crippen LogP contribution >= 0.6 is 11.3 Å². The van der Waals surface area contributed by atoms with Gasteiger partial charge in [-0.25, -0.2) is 9.37 Å². The Morgan fingerprint density at radius 3 is 2.83 bits per heavy atom. The maximum absolute atomic E-state index is 13.2. The molecule has 3 aromatic heterocycles. The topological polar surface area (TPSA) is 85.6 Å². The first-order valence-corrected chi connectivity index (χ1v) is 9.92. The van der Waals surface area contributed by atoms with E-state index in [0.29, 0.717) is 23.5 Å². The van der Waals surface area contributed by atoms with Crippen molar-refractivity contribution < 1.29 is 9.18 Å². The van der Waals surface area contributed by atoms with Crippen LogP contribution in [-0.4, -0.2) is 30.9 Å². The Kier molecular flexibility index (Phi) is 4.17. The van der Waals surface area contributed by atoms with E-state index >= 15 is 0 Å². The van der Waals surface area contributed by atoms with E-state index in [0.717, 1.165) is 16.8 Å². The van der Waals surface area contributed by atoms with Gasteiger partial charge in [0.15, 0.2) is 0 Å². The Labute approximate surface area is 169 Å². The van der Waals surface area contributed by atoms with E-state index in [4.69, 9.17) is 0 Å². The van der Waals surface area contributed by atoms with Crippen molar-refractivity contribution in [2.24, 2.45) is 0 Å². The lowest BCUT2D eigenvalue weighted by molar-refractivity contribution is -0.116. The van der Waals surface area contributed by atoms with Gasteiger partial charge in [-0.3, -0.25) is 4.79 Å². The Hall–Kier alpha value is -3.46. The molecule has 1 unspecified atom stereocenters. The first-order chi connectivity index (χ1) is 14.1. The fourth-order valence-electron chi connectivity index (χ4n) is 3.59. The number of carbonyl (C=O) groups excluding carboxylic acids is 1. The molecule has 1 atom stereocenters. The van der Waals surface area contributed by atoms with Crippen LogP contribution < -0.4 is 5.32 Å². The summed E-state index contributed by atoms with van der Waals surface area (Å²) in [6.45, 7) is 1.91. The Bertz CT molecular complexity index is 1200. The van der Waals surface area contributed by atoms with Gasteiger partial charge in [-0.1, -0.05) is 0 Å². The molecule has 7 nitrogen and oxygen atoms in total. The summed E-state index contributed by atoms with van der Waals surface area (Å²) in [5.41, 5.74) is 4.09. The van der Waals surface area contributed by atoms with Gasteiger partial charge in [0.25, 0.3) is 5.95 Å². The predicted octanol–water partition coefficient (Wildman–Crippen LogP) is 3.71. The number of hydrogen-bond donors (Lipinski definition) is 1. The van der Waals surface area contributed by atoms with Crippen molar-refractivity contribution in [2.45, 2.75) is 19.3 Å². The van der Waals surface area contributed by atoms with Gasteiger partial charge >= 0.3 is 0 Å². The third-order valence-corrected chi connectivity index (χ3v) is 5.63. The van der Waals surface area contributed by atoms with Crippen LogP contribution in [0.25, 0.3) is 17.2 Å². The third-order valence-electron chi connectivity index (χ3n) is 4.93. The molecule has 1 amide bonds. The molecule has 0 spiro atoms. The van der Waals surface area contributed by atoms with Crippen LogP contribution in [0.1, 0.15) is 29.2 Å². The molecule has 0 saturated carbocycles. The molecule has 29 heavy (non-hydrogen) atoms. The van der Waals surface area contributed by atoms with Crippen LogP contribution in [-0.2, 0) is 4.79 Å². The number of aromatic nitrogens is 5. The van der Waals surface area contributed by atoms with Crippen LogP contribution in [0.15, 0.2) is 47.3 Å². The minimum absolute atomic E-state index is 0.0630. The summed E-state index contributed by atoms with van der Waals surface area (Å²) in [5.74, 6) is 0.329. The zero-order valence-electron chi connectivity index (χ0n) is 15.3. The summed E-state index contributed by atoms with van der Waals surface area (Å²) in [7, 11) is 0. The van der Waals surface area contributed by atoms with Crippen LogP contribution in [0.2, 0.25) is 0 Å². The molecule has 9 heteroatoms. The number of carbonyl (C=O) groups is 1. The van der Waals surface area contributed by atoms with Crippen molar-refractivity contribution in [3.05, 3.63) is 69.9 Å². The van der Waals surface area contributed by atoms with Crippen LogP contribution in [0.3, 0.4) is 0 Å². The maximum atomic E-state index is 13.2. The molecule has 1 aromatic carbocycles. The fourth-order valence-corrected chi connectivity index (χ4v) is 4.31. The molecular formula is C20H15FN6OS. The number of rotatable bonds is 3. The van der Waals surface area contributed by atoms with Crippen LogP contribution in [0.5, 0.6) is 0 Å². The molecule has 0 bridgehead atoms. The fraction of sp³-hybridized carbons (Fsp3) is 0.150. The van der Waals surface area contributed by atoms with E-state index in [9.17, 15) is 9.18 Å². The SMILES string of the molecule is Cc1nn(-c2nncc(-c3ccc(F)cc3)n2)c2c1C(c1ccsc1)CC(=O)N2. The summed E-state index contributed by atoms with van der Waals surface area (Å²) in [4.78, 5) is 16.9. The molecule has 4 heterocycles. The average molecular weight is 406 g/mol. The Morgan fingerprint density at radius 2 is 2.07 bits per heavy atom. The molecule has 0 aliphatic carbocycles. The van der Waals surface area contributed by atoms with Gasteiger partial charge in [0.1, 0.15) is 11.6 Å². The van der Waals surface area contributed by atoms with Gasteiger partial charge in [0.05, 0.1) is 17.6 Å². The van der Waals surface area contributed by atoms with E-state index in [-0.39, 0.29) is 23.6 Å². The van der Waals surface area contributed by atoms with E-state index in [2.05, 4.69) is 31.0 Å². The van der Waals surface area contributed by atoms with Crippen molar-refractivity contribution >= 4 is 23.1 Å². The van der Waals surface area contributed by atoms with Crippen molar-refractivity contribution in [3.63, 3.8) is 0 Å². The van der Waals surface area contributed by atoms with Crippen molar-refractivity contribution in [1.29, 1.82) is 0 Å². The lowest BCUT2D eigenvalue weighted by Gasteiger charge is -2.23. The standard InChI is InChI=1S/C20H15FN6OS/c1-11-18-15(13-6-7-29-10-13)8-17(28)24-19(18)27(26-11)20-23-16(9-22-25-20)12-2-4-14(21)5-3-12/h2-7,9-10,15H,8H2,1H3,(H,24,28). The predicted molar refractivity (Wildman–Crippen MR) is 106 cm³/mol. The van der Waals surface area contributed by atoms with Gasteiger partial charge in [-0.05, 0) is 53.6 Å². The second-order valence-corrected chi connectivity index (χ2v) is 7.55. The summed E-state index contributed by atoms with van der Waals surface area (Å²) < 4.78 is 14.7. The van der Waals surface area contributed by atoms with Gasteiger partial charge in [0.2, 0.25) is 5.91 Å². The summed E-state index contributed by atoms with van der Waals surface area (Å²) >= 11 is 1.60. The number of anilines is 1. The number of nitrogens with zero attached hydrogens (tertiary/aromatic N) is 5. The third kappa shape index (κ3) is 3.09. The molecule has 0 radical (unpaired) electrons. The molecule has 0 saturated heterocycles. The molecule has 1 N–H and O–H groups in total. The zero-order chi connectivity index (χ0) is 20.0. The highest BCUT2D eigenvalue weighted by molar-refractivity contribution is 7.08. The lowest BCUT2D eigenvalue weighted by atomic mass is 9.87.